The van der Waals surface area contributed by atoms with Gasteiger partial charge < -0.3 is 10.1 Å². The first kappa shape index (κ1) is 12.1. The van der Waals surface area contributed by atoms with Crippen molar-refractivity contribution < 1.29 is 9.53 Å². The molecule has 1 aromatic carbocycles. The van der Waals surface area contributed by atoms with Crippen LogP contribution in [-0.4, -0.2) is 25.2 Å². The molecule has 0 aliphatic heterocycles. The molecule has 1 N–H and O–H groups in total. The fraction of sp³-hybridized carbons (Fsp3) is 0.500. The Balaban J connectivity index is 1.84. The van der Waals surface area contributed by atoms with E-state index in [1.165, 1.54) is 11.1 Å². The van der Waals surface area contributed by atoms with E-state index in [0.29, 0.717) is 19.2 Å². The van der Waals surface area contributed by atoms with Gasteiger partial charge in [0, 0.05) is 6.04 Å². The number of carbonyl (C=O) groups excluding carboxylic acids is 1. The van der Waals surface area contributed by atoms with E-state index in [1.807, 2.05) is 6.92 Å². The van der Waals surface area contributed by atoms with Gasteiger partial charge in [-0.2, -0.15) is 0 Å². The average molecular weight is 233 g/mol. The molecule has 3 nitrogen and oxygen atoms in total. The second-order valence-electron chi connectivity index (χ2n) is 4.39. The van der Waals surface area contributed by atoms with Gasteiger partial charge in [0.1, 0.15) is 0 Å². The van der Waals surface area contributed by atoms with Crippen molar-refractivity contribution >= 4 is 5.97 Å². The highest BCUT2D eigenvalue weighted by atomic mass is 16.5. The molecule has 1 unspecified atom stereocenters. The van der Waals surface area contributed by atoms with E-state index < -0.39 is 0 Å². The first-order valence-electron chi connectivity index (χ1n) is 6.25. The summed E-state index contributed by atoms with van der Waals surface area (Å²) in [5, 5.41) is 3.27. The Hall–Kier alpha value is -1.35. The largest absolute Gasteiger partial charge is 0.465 e. The lowest BCUT2D eigenvalue weighted by Crippen LogP contribution is -2.38. The van der Waals surface area contributed by atoms with Gasteiger partial charge in [0.2, 0.25) is 0 Å². The van der Waals surface area contributed by atoms with E-state index in [1.54, 1.807) is 0 Å². The van der Waals surface area contributed by atoms with Crippen LogP contribution >= 0.6 is 0 Å². The predicted molar refractivity (Wildman–Crippen MR) is 66.9 cm³/mol. The van der Waals surface area contributed by atoms with Crippen LogP contribution in [0.5, 0.6) is 0 Å². The number of hydrogen-bond acceptors (Lipinski definition) is 3. The van der Waals surface area contributed by atoms with Crippen molar-refractivity contribution in [2.24, 2.45) is 0 Å². The molecule has 2 rings (SSSR count). The van der Waals surface area contributed by atoms with Gasteiger partial charge in [0.25, 0.3) is 0 Å². The predicted octanol–water partition coefficient (Wildman–Crippen LogP) is 1.70. The molecule has 1 aliphatic rings. The molecule has 1 aromatic rings. The van der Waals surface area contributed by atoms with Crippen molar-refractivity contribution in [3.63, 3.8) is 0 Å². The highest BCUT2D eigenvalue weighted by Gasteiger charge is 2.18. The van der Waals surface area contributed by atoms with Gasteiger partial charge in [-0.25, -0.2) is 0 Å². The summed E-state index contributed by atoms with van der Waals surface area (Å²) in [5.74, 6) is -0.161. The molecule has 0 saturated carbocycles. The van der Waals surface area contributed by atoms with E-state index in [0.717, 1.165) is 19.3 Å². The highest BCUT2D eigenvalue weighted by molar-refractivity contribution is 5.71. The molecule has 0 heterocycles. The van der Waals surface area contributed by atoms with Gasteiger partial charge in [-0.1, -0.05) is 24.3 Å². The van der Waals surface area contributed by atoms with Gasteiger partial charge in [0.15, 0.2) is 0 Å². The third-order valence-electron chi connectivity index (χ3n) is 3.19. The van der Waals surface area contributed by atoms with Gasteiger partial charge in [0.05, 0.1) is 13.2 Å². The van der Waals surface area contributed by atoms with Gasteiger partial charge >= 0.3 is 5.97 Å². The molecule has 0 aromatic heterocycles. The average Bonchev–Trinajstić information content (AvgIpc) is 2.36. The van der Waals surface area contributed by atoms with E-state index in [4.69, 9.17) is 4.74 Å². The Morgan fingerprint density at radius 3 is 2.94 bits per heavy atom. The normalized spacial score (nSPS) is 18.5. The minimum absolute atomic E-state index is 0.161. The van der Waals surface area contributed by atoms with Crippen LogP contribution < -0.4 is 5.32 Å². The zero-order chi connectivity index (χ0) is 12.1. The molecule has 1 aliphatic carbocycles. The standard InChI is InChI=1S/C14H19NO2/c1-2-17-14(16)10-15-13-8-7-11-5-3-4-6-12(11)9-13/h3-6,13,15H,2,7-10H2,1H3. The van der Waals surface area contributed by atoms with Crippen molar-refractivity contribution in [1.29, 1.82) is 0 Å². The lowest BCUT2D eigenvalue weighted by molar-refractivity contribution is -0.142. The monoisotopic (exact) mass is 233 g/mol. The molecule has 0 bridgehead atoms. The van der Waals surface area contributed by atoms with Crippen LogP contribution in [-0.2, 0) is 22.4 Å². The molecule has 0 spiro atoms. The maximum absolute atomic E-state index is 11.2. The number of aryl methyl sites for hydroxylation is 1. The second-order valence-corrected chi connectivity index (χ2v) is 4.39. The van der Waals surface area contributed by atoms with E-state index in [2.05, 4.69) is 29.6 Å². The highest BCUT2D eigenvalue weighted by Crippen LogP contribution is 2.20. The van der Waals surface area contributed by atoms with Crippen LogP contribution in [0.25, 0.3) is 0 Å². The van der Waals surface area contributed by atoms with E-state index in [-0.39, 0.29) is 5.97 Å². The van der Waals surface area contributed by atoms with E-state index >= 15 is 0 Å². The number of ether oxygens (including phenoxy) is 1. The summed E-state index contributed by atoms with van der Waals surface area (Å²) >= 11 is 0. The van der Waals surface area contributed by atoms with Crippen LogP contribution in [0, 0.1) is 0 Å². The summed E-state index contributed by atoms with van der Waals surface area (Å²) in [5.41, 5.74) is 2.85. The maximum Gasteiger partial charge on any atom is 0.319 e. The topological polar surface area (TPSA) is 38.3 Å². The minimum atomic E-state index is -0.161. The number of rotatable bonds is 4. The zero-order valence-electron chi connectivity index (χ0n) is 10.2. The quantitative estimate of drug-likeness (QED) is 0.804. The number of nitrogens with one attached hydrogen (secondary N) is 1. The van der Waals surface area contributed by atoms with Gasteiger partial charge in [-0.3, -0.25) is 4.79 Å². The molecule has 0 amide bonds. The second kappa shape index (κ2) is 5.82. The molecule has 17 heavy (non-hydrogen) atoms. The Labute approximate surface area is 102 Å². The smallest absolute Gasteiger partial charge is 0.319 e. The molecule has 92 valence electrons. The Kier molecular flexibility index (Phi) is 4.15. The van der Waals surface area contributed by atoms with Crippen molar-refractivity contribution in [3.8, 4) is 0 Å². The van der Waals surface area contributed by atoms with Crippen LogP contribution in [0.3, 0.4) is 0 Å². The van der Waals surface area contributed by atoms with Crippen LogP contribution in [0.4, 0.5) is 0 Å². The summed E-state index contributed by atoms with van der Waals surface area (Å²) in [7, 11) is 0. The van der Waals surface area contributed by atoms with E-state index in [9.17, 15) is 4.79 Å². The zero-order valence-corrected chi connectivity index (χ0v) is 10.2. The number of esters is 1. The van der Waals surface area contributed by atoms with Crippen molar-refractivity contribution in [2.75, 3.05) is 13.2 Å². The SMILES string of the molecule is CCOC(=O)CNC1CCc2ccccc2C1. The summed E-state index contributed by atoms with van der Waals surface area (Å²) in [6.07, 6.45) is 3.20. The fourth-order valence-electron chi connectivity index (χ4n) is 2.31. The fourth-order valence-corrected chi connectivity index (χ4v) is 2.31. The lowest BCUT2D eigenvalue weighted by Gasteiger charge is -2.25. The van der Waals surface area contributed by atoms with Gasteiger partial charge in [-0.05, 0) is 37.3 Å². The van der Waals surface area contributed by atoms with Crippen molar-refractivity contribution in [2.45, 2.75) is 32.2 Å². The Morgan fingerprint density at radius 2 is 2.18 bits per heavy atom. The summed E-state index contributed by atoms with van der Waals surface area (Å²) in [6, 6.07) is 8.93. The summed E-state index contributed by atoms with van der Waals surface area (Å²) in [4.78, 5) is 11.2. The third-order valence-corrected chi connectivity index (χ3v) is 3.19. The summed E-state index contributed by atoms with van der Waals surface area (Å²) < 4.78 is 4.90. The van der Waals surface area contributed by atoms with Crippen LogP contribution in [0.15, 0.2) is 24.3 Å². The molecule has 3 heteroatoms. The summed E-state index contributed by atoms with van der Waals surface area (Å²) in [6.45, 7) is 2.60. The first-order chi connectivity index (χ1) is 8.29. The number of carbonyl (C=O) groups is 1. The van der Waals surface area contributed by atoms with Crippen LogP contribution in [0.1, 0.15) is 24.5 Å². The molecular formula is C14H19NO2. The van der Waals surface area contributed by atoms with Crippen LogP contribution in [0.2, 0.25) is 0 Å². The molecule has 0 saturated heterocycles. The molecular weight excluding hydrogens is 214 g/mol. The minimum Gasteiger partial charge on any atom is -0.465 e. The molecule has 0 radical (unpaired) electrons. The maximum atomic E-state index is 11.2. The van der Waals surface area contributed by atoms with Gasteiger partial charge in [-0.15, -0.1) is 0 Å². The van der Waals surface area contributed by atoms with Crippen molar-refractivity contribution in [1.82, 2.24) is 5.32 Å². The number of fused-ring (bicyclic) bond motifs is 1. The Bertz CT molecular complexity index is 390. The number of benzene rings is 1. The van der Waals surface area contributed by atoms with Crippen molar-refractivity contribution in [3.05, 3.63) is 35.4 Å². The molecule has 1 atom stereocenters. The Morgan fingerprint density at radius 1 is 1.41 bits per heavy atom. The third kappa shape index (κ3) is 3.30. The lowest BCUT2D eigenvalue weighted by atomic mass is 9.88. The molecule has 0 fully saturated rings. The first-order valence-corrected chi connectivity index (χ1v) is 6.25. The number of hydrogen-bond donors (Lipinski definition) is 1.